The van der Waals surface area contributed by atoms with Gasteiger partial charge in [-0.3, -0.25) is 4.79 Å². The number of rotatable bonds is 3. The van der Waals surface area contributed by atoms with Gasteiger partial charge in [0.15, 0.2) is 0 Å². The van der Waals surface area contributed by atoms with Crippen LogP contribution in [0, 0.1) is 23.7 Å². The minimum Gasteiger partial charge on any atom is -0.441 e. The Labute approximate surface area is 214 Å². The van der Waals surface area contributed by atoms with Crippen LogP contribution in [0.15, 0.2) is 47.6 Å². The first kappa shape index (κ1) is 29.5. The quantitative estimate of drug-likeness (QED) is 0.400. The fourth-order valence-electron chi connectivity index (χ4n) is 5.00. The smallest absolute Gasteiger partial charge is 0.405 e. The maximum Gasteiger partial charge on any atom is 0.405 e. The Morgan fingerprint density at radius 2 is 1.86 bits per heavy atom. The highest BCUT2D eigenvalue weighted by atomic mass is 16.6. The molecule has 1 aromatic rings. The molecule has 6 atom stereocenters. The number of primary amides is 1. The maximum absolute atomic E-state index is 12.7. The summed E-state index contributed by atoms with van der Waals surface area (Å²) in [7, 11) is 0. The highest BCUT2D eigenvalue weighted by Crippen LogP contribution is 2.28. The Hall–Kier alpha value is -2.68. The standard InChI is InChI=1S/C28H42N2O6/c1-17-11-21-8-6-10-24(14-21)30-27(34)18(2)7-5-9-22(15-31)26(36-28(29)35)20(4)13-19(3)25(33)23(12-17)16-32/h6-8,10,13-14,17,19,22-23,25-26,31-33H,5,9,11-12,15-16H2,1-4H3,(H2,29,35)(H,30,34)/t17-,19+,22-,23-,25-,26+/m1/s1. The van der Waals surface area contributed by atoms with Crippen LogP contribution >= 0.6 is 0 Å². The van der Waals surface area contributed by atoms with E-state index in [-0.39, 0.29) is 36.9 Å². The number of aliphatic hydroxyl groups is 3. The molecule has 0 saturated carbocycles. The Morgan fingerprint density at radius 1 is 1.17 bits per heavy atom. The Balaban J connectivity index is 2.43. The second-order valence-electron chi connectivity index (χ2n) is 10.2. The van der Waals surface area contributed by atoms with Crippen LogP contribution in [0.25, 0.3) is 0 Å². The van der Waals surface area contributed by atoms with Gasteiger partial charge in [0.05, 0.1) is 6.10 Å². The van der Waals surface area contributed by atoms with Crippen molar-refractivity contribution < 1.29 is 29.6 Å². The fourth-order valence-corrected chi connectivity index (χ4v) is 5.00. The summed E-state index contributed by atoms with van der Waals surface area (Å²) in [5.74, 6) is -1.16. The zero-order chi connectivity index (χ0) is 26.8. The van der Waals surface area contributed by atoms with Crippen molar-refractivity contribution in [2.75, 3.05) is 18.5 Å². The Morgan fingerprint density at radius 3 is 2.50 bits per heavy atom. The minimum atomic E-state index is -0.951. The Kier molecular flexibility index (Phi) is 11.6. The lowest BCUT2D eigenvalue weighted by atomic mass is 9.82. The molecule has 6 N–H and O–H groups in total. The highest BCUT2D eigenvalue weighted by molar-refractivity contribution is 6.03. The lowest BCUT2D eigenvalue weighted by molar-refractivity contribution is -0.112. The van der Waals surface area contributed by atoms with E-state index in [0.29, 0.717) is 36.1 Å². The average molecular weight is 503 g/mol. The molecule has 1 aliphatic rings. The molecule has 8 heteroatoms. The molecule has 8 nitrogen and oxygen atoms in total. The van der Waals surface area contributed by atoms with Gasteiger partial charge in [-0.1, -0.05) is 38.1 Å². The summed E-state index contributed by atoms with van der Waals surface area (Å²) in [5, 5.41) is 34.1. The molecule has 200 valence electrons. The molecule has 1 heterocycles. The van der Waals surface area contributed by atoms with Gasteiger partial charge >= 0.3 is 6.09 Å². The monoisotopic (exact) mass is 502 g/mol. The van der Waals surface area contributed by atoms with Crippen molar-refractivity contribution in [3.63, 3.8) is 0 Å². The van der Waals surface area contributed by atoms with Gasteiger partial charge in [-0.05, 0) is 68.7 Å². The van der Waals surface area contributed by atoms with Crippen LogP contribution in [0.4, 0.5) is 10.5 Å². The maximum atomic E-state index is 12.7. The number of carbonyl (C=O) groups is 2. The normalized spacial score (nSPS) is 29.0. The molecule has 0 spiro atoms. The summed E-state index contributed by atoms with van der Waals surface area (Å²) in [6.07, 6.45) is 3.36. The zero-order valence-corrected chi connectivity index (χ0v) is 21.8. The minimum absolute atomic E-state index is 0.162. The van der Waals surface area contributed by atoms with Crippen LogP contribution in [0.1, 0.15) is 52.5 Å². The number of nitrogens with one attached hydrogen (secondary N) is 1. The van der Waals surface area contributed by atoms with E-state index in [1.807, 2.05) is 37.3 Å². The molecule has 0 aliphatic carbocycles. The second kappa shape index (κ2) is 14.2. The summed E-state index contributed by atoms with van der Waals surface area (Å²) < 4.78 is 5.37. The van der Waals surface area contributed by atoms with Gasteiger partial charge in [-0.25, -0.2) is 4.79 Å². The average Bonchev–Trinajstić information content (AvgIpc) is 2.82. The van der Waals surface area contributed by atoms with Crippen molar-refractivity contribution in [1.29, 1.82) is 0 Å². The largest absolute Gasteiger partial charge is 0.441 e. The first-order valence-electron chi connectivity index (χ1n) is 12.7. The van der Waals surface area contributed by atoms with E-state index >= 15 is 0 Å². The van der Waals surface area contributed by atoms with Gasteiger partial charge in [0.2, 0.25) is 0 Å². The van der Waals surface area contributed by atoms with Crippen LogP contribution in [0.2, 0.25) is 0 Å². The summed E-state index contributed by atoms with van der Waals surface area (Å²) in [6, 6.07) is 7.69. The van der Waals surface area contributed by atoms with Crippen molar-refractivity contribution in [3.8, 4) is 0 Å². The molecule has 36 heavy (non-hydrogen) atoms. The van der Waals surface area contributed by atoms with E-state index in [0.717, 1.165) is 12.0 Å². The topological polar surface area (TPSA) is 142 Å². The molecule has 1 aromatic carbocycles. The molecule has 0 unspecified atom stereocenters. The molecule has 2 rings (SSSR count). The van der Waals surface area contributed by atoms with E-state index < -0.39 is 24.2 Å². The zero-order valence-electron chi connectivity index (χ0n) is 21.8. The number of benzene rings is 1. The van der Waals surface area contributed by atoms with Crippen LogP contribution in [0.5, 0.6) is 0 Å². The van der Waals surface area contributed by atoms with Gasteiger partial charge in [0.1, 0.15) is 6.10 Å². The molecule has 2 amide bonds. The van der Waals surface area contributed by atoms with Gasteiger partial charge in [-0.15, -0.1) is 0 Å². The molecule has 1 aliphatic heterocycles. The van der Waals surface area contributed by atoms with E-state index in [2.05, 4.69) is 12.2 Å². The SMILES string of the molecule is CC1=CCC[C@H](CO)[C@@H](OC(N)=O)C(C)=C[C@H](C)[C@@H](O)[C@@H](CO)C[C@H](C)Cc2cccc(c2)NC1=O. The summed E-state index contributed by atoms with van der Waals surface area (Å²) >= 11 is 0. The number of nitrogens with two attached hydrogens (primary N) is 1. The number of carbonyl (C=O) groups excluding carboxylic acids is 2. The van der Waals surface area contributed by atoms with Gasteiger partial charge in [0.25, 0.3) is 5.91 Å². The summed E-state index contributed by atoms with van der Waals surface area (Å²) in [4.78, 5) is 24.3. The first-order chi connectivity index (χ1) is 17.0. The molecule has 0 fully saturated rings. The van der Waals surface area contributed by atoms with Crippen molar-refractivity contribution >= 4 is 17.7 Å². The molecular weight excluding hydrogens is 460 g/mol. The molecule has 0 radical (unpaired) electrons. The van der Waals surface area contributed by atoms with E-state index in [1.54, 1.807) is 19.9 Å². The van der Waals surface area contributed by atoms with Gasteiger partial charge in [0, 0.05) is 42.2 Å². The summed E-state index contributed by atoms with van der Waals surface area (Å²) in [6.45, 7) is 7.03. The Bertz CT molecular complexity index is 944. The highest BCUT2D eigenvalue weighted by Gasteiger charge is 2.29. The number of ether oxygens (including phenoxy) is 1. The number of amides is 2. The van der Waals surface area contributed by atoms with Crippen LogP contribution < -0.4 is 11.1 Å². The van der Waals surface area contributed by atoms with E-state index in [9.17, 15) is 24.9 Å². The van der Waals surface area contributed by atoms with Gasteiger partial charge in [-0.2, -0.15) is 0 Å². The molecular formula is C28H42N2O6. The van der Waals surface area contributed by atoms with Crippen molar-refractivity contribution in [2.24, 2.45) is 29.4 Å². The van der Waals surface area contributed by atoms with Crippen LogP contribution in [-0.2, 0) is 16.0 Å². The lowest BCUT2D eigenvalue weighted by Gasteiger charge is -2.29. The number of hydrogen-bond acceptors (Lipinski definition) is 6. The number of anilines is 1. The third-order valence-corrected chi connectivity index (χ3v) is 6.96. The lowest BCUT2D eigenvalue weighted by Crippen LogP contribution is -2.34. The third-order valence-electron chi connectivity index (χ3n) is 6.96. The van der Waals surface area contributed by atoms with Crippen molar-refractivity contribution in [2.45, 2.75) is 65.6 Å². The van der Waals surface area contributed by atoms with E-state index in [1.165, 1.54) is 0 Å². The third kappa shape index (κ3) is 8.76. The number of fused-ring (bicyclic) bond motifs is 2. The number of hydrogen-bond donors (Lipinski definition) is 5. The predicted molar refractivity (Wildman–Crippen MR) is 140 cm³/mol. The molecule has 0 aromatic heterocycles. The van der Waals surface area contributed by atoms with Crippen LogP contribution in [0.3, 0.4) is 0 Å². The van der Waals surface area contributed by atoms with Gasteiger partial charge < -0.3 is 31.1 Å². The fraction of sp³-hybridized carbons (Fsp3) is 0.571. The predicted octanol–water partition coefficient (Wildman–Crippen LogP) is 3.56. The van der Waals surface area contributed by atoms with Crippen molar-refractivity contribution in [3.05, 3.63) is 53.1 Å². The number of allylic oxidation sites excluding steroid dienone is 1. The first-order valence-corrected chi connectivity index (χ1v) is 12.7. The van der Waals surface area contributed by atoms with E-state index in [4.69, 9.17) is 10.5 Å². The summed E-state index contributed by atoms with van der Waals surface area (Å²) in [5.41, 5.74) is 8.29. The van der Waals surface area contributed by atoms with Crippen LogP contribution in [-0.4, -0.2) is 52.7 Å². The van der Waals surface area contributed by atoms with Crippen molar-refractivity contribution in [1.82, 2.24) is 0 Å². The molecule has 0 saturated heterocycles. The number of aliphatic hydroxyl groups excluding tert-OH is 3. The molecule has 2 bridgehead atoms. The second-order valence-corrected chi connectivity index (χ2v) is 10.2.